The summed E-state index contributed by atoms with van der Waals surface area (Å²) in [7, 11) is 0. The maximum absolute atomic E-state index is 12.2. The Kier molecular flexibility index (Phi) is 4.42. The number of amides is 1. The van der Waals surface area contributed by atoms with Crippen LogP contribution in [0.4, 0.5) is 0 Å². The van der Waals surface area contributed by atoms with E-state index in [1.807, 2.05) is 23.9 Å². The molecule has 4 aromatic heterocycles. The molecule has 152 valence electrons. The van der Waals surface area contributed by atoms with Gasteiger partial charge in [-0.2, -0.15) is 10.2 Å². The summed E-state index contributed by atoms with van der Waals surface area (Å²) < 4.78 is 3.34. The van der Waals surface area contributed by atoms with Gasteiger partial charge in [0.05, 0.1) is 30.3 Å². The molecule has 0 bridgehead atoms. The Morgan fingerprint density at radius 2 is 2.10 bits per heavy atom. The predicted octanol–water partition coefficient (Wildman–Crippen LogP) is 2.15. The van der Waals surface area contributed by atoms with Gasteiger partial charge in [-0.05, 0) is 31.9 Å². The second-order valence-electron chi connectivity index (χ2n) is 7.47. The number of rotatable bonds is 6. The number of H-pyrrole nitrogens is 1. The molecule has 5 rings (SSSR count). The summed E-state index contributed by atoms with van der Waals surface area (Å²) in [6.45, 7) is 2.97. The van der Waals surface area contributed by atoms with E-state index in [4.69, 9.17) is 0 Å². The number of nitrogens with zero attached hydrogens (tertiary/aromatic N) is 5. The number of pyridine rings is 2. The highest BCUT2D eigenvalue weighted by atomic mass is 16.2. The summed E-state index contributed by atoms with van der Waals surface area (Å²) in [5.74, 6) is 0.100. The third-order valence-corrected chi connectivity index (χ3v) is 5.33. The molecule has 0 unspecified atom stereocenters. The van der Waals surface area contributed by atoms with Gasteiger partial charge in [-0.1, -0.05) is 0 Å². The molecule has 0 atom stereocenters. The highest BCUT2D eigenvalue weighted by Gasteiger charge is 2.29. The van der Waals surface area contributed by atoms with E-state index in [9.17, 15) is 9.59 Å². The van der Waals surface area contributed by atoms with Crippen molar-refractivity contribution in [1.29, 1.82) is 0 Å². The third-order valence-electron chi connectivity index (χ3n) is 5.33. The Morgan fingerprint density at radius 1 is 1.23 bits per heavy atom. The van der Waals surface area contributed by atoms with Gasteiger partial charge in [-0.25, -0.2) is 0 Å². The quantitative estimate of drug-likeness (QED) is 0.513. The molecule has 0 aromatic carbocycles. The van der Waals surface area contributed by atoms with E-state index in [1.54, 1.807) is 24.7 Å². The minimum absolute atomic E-state index is 0.000800. The summed E-state index contributed by atoms with van der Waals surface area (Å²) in [5.41, 5.74) is 3.86. The van der Waals surface area contributed by atoms with Crippen molar-refractivity contribution in [2.24, 2.45) is 5.92 Å². The molecule has 1 saturated carbocycles. The molecule has 0 aliphatic heterocycles. The van der Waals surface area contributed by atoms with Crippen molar-refractivity contribution >= 4 is 16.8 Å². The molecule has 4 aromatic rings. The maximum Gasteiger partial charge on any atom is 0.252 e. The fourth-order valence-corrected chi connectivity index (χ4v) is 3.41. The highest BCUT2D eigenvalue weighted by molar-refractivity contribution is 5.94. The summed E-state index contributed by atoms with van der Waals surface area (Å²) >= 11 is 0. The van der Waals surface area contributed by atoms with Gasteiger partial charge in [0, 0.05) is 47.4 Å². The SMILES string of the molecule is CCn1cc(-c2cc3c(-c4ccc(=O)n(CNC(=O)C5CC5)c4)n[nH]c3cn2)cn1. The van der Waals surface area contributed by atoms with Crippen molar-refractivity contribution < 1.29 is 4.79 Å². The van der Waals surface area contributed by atoms with Crippen LogP contribution in [0.2, 0.25) is 0 Å². The third kappa shape index (κ3) is 3.38. The first-order chi connectivity index (χ1) is 14.6. The zero-order valence-electron chi connectivity index (χ0n) is 16.5. The van der Waals surface area contributed by atoms with Crippen LogP contribution in [0.3, 0.4) is 0 Å². The van der Waals surface area contributed by atoms with Crippen molar-refractivity contribution in [2.75, 3.05) is 0 Å². The van der Waals surface area contributed by atoms with E-state index < -0.39 is 0 Å². The second kappa shape index (κ2) is 7.25. The number of hydrogen-bond donors (Lipinski definition) is 2. The molecule has 4 heterocycles. The second-order valence-corrected chi connectivity index (χ2v) is 7.47. The fourth-order valence-electron chi connectivity index (χ4n) is 3.41. The summed E-state index contributed by atoms with van der Waals surface area (Å²) in [6, 6.07) is 5.20. The zero-order chi connectivity index (χ0) is 20.7. The number of aryl methyl sites for hydroxylation is 1. The molecule has 1 aliphatic rings. The largest absolute Gasteiger partial charge is 0.338 e. The van der Waals surface area contributed by atoms with Gasteiger partial charge in [0.25, 0.3) is 5.56 Å². The number of carbonyl (C=O) groups excluding carboxylic acids is 1. The van der Waals surface area contributed by atoms with Crippen LogP contribution < -0.4 is 10.9 Å². The van der Waals surface area contributed by atoms with Gasteiger partial charge in [0.2, 0.25) is 5.91 Å². The van der Waals surface area contributed by atoms with E-state index in [-0.39, 0.29) is 24.1 Å². The number of hydrogen-bond acceptors (Lipinski definition) is 5. The van der Waals surface area contributed by atoms with Crippen LogP contribution in [0.1, 0.15) is 19.8 Å². The number of carbonyl (C=O) groups is 1. The highest BCUT2D eigenvalue weighted by Crippen LogP contribution is 2.29. The topological polar surface area (TPSA) is 110 Å². The van der Waals surface area contributed by atoms with E-state index in [2.05, 4.69) is 25.6 Å². The number of fused-ring (bicyclic) bond motifs is 1. The molecule has 9 nitrogen and oxygen atoms in total. The van der Waals surface area contributed by atoms with Gasteiger partial charge < -0.3 is 5.32 Å². The lowest BCUT2D eigenvalue weighted by atomic mass is 10.1. The summed E-state index contributed by atoms with van der Waals surface area (Å²) in [6.07, 6.45) is 9.06. The molecular weight excluding hydrogens is 382 g/mol. The lowest BCUT2D eigenvalue weighted by Gasteiger charge is -2.09. The molecular formula is C21H21N7O2. The minimum atomic E-state index is -0.177. The van der Waals surface area contributed by atoms with Gasteiger partial charge in [0.15, 0.2) is 0 Å². The Morgan fingerprint density at radius 3 is 2.87 bits per heavy atom. The van der Waals surface area contributed by atoms with Crippen LogP contribution in [-0.4, -0.2) is 35.4 Å². The van der Waals surface area contributed by atoms with Gasteiger partial charge in [0.1, 0.15) is 5.69 Å². The predicted molar refractivity (Wildman–Crippen MR) is 111 cm³/mol. The van der Waals surface area contributed by atoms with Gasteiger partial charge in [-0.3, -0.25) is 28.9 Å². The molecule has 0 radical (unpaired) electrons. The first kappa shape index (κ1) is 18.3. The lowest BCUT2D eigenvalue weighted by molar-refractivity contribution is -0.122. The van der Waals surface area contributed by atoms with E-state index in [1.165, 1.54) is 10.6 Å². The Balaban J connectivity index is 1.49. The zero-order valence-corrected chi connectivity index (χ0v) is 16.5. The van der Waals surface area contributed by atoms with Crippen molar-refractivity contribution in [3.8, 4) is 22.5 Å². The molecule has 0 spiro atoms. The maximum atomic E-state index is 12.2. The van der Waals surface area contributed by atoms with Crippen LogP contribution in [0.25, 0.3) is 33.4 Å². The first-order valence-corrected chi connectivity index (χ1v) is 9.98. The normalized spacial score (nSPS) is 13.6. The molecule has 30 heavy (non-hydrogen) atoms. The fraction of sp³-hybridized carbons (Fsp3) is 0.286. The van der Waals surface area contributed by atoms with Crippen LogP contribution in [-0.2, 0) is 18.0 Å². The number of aromatic nitrogens is 6. The Hall–Kier alpha value is -3.75. The average Bonchev–Trinajstić information content (AvgIpc) is 3.36. The monoisotopic (exact) mass is 403 g/mol. The first-order valence-electron chi connectivity index (χ1n) is 9.98. The number of nitrogens with one attached hydrogen (secondary N) is 2. The smallest absolute Gasteiger partial charge is 0.252 e. The average molecular weight is 403 g/mol. The van der Waals surface area contributed by atoms with Crippen LogP contribution >= 0.6 is 0 Å². The molecule has 1 fully saturated rings. The van der Waals surface area contributed by atoms with E-state index in [0.29, 0.717) is 0 Å². The molecule has 1 amide bonds. The van der Waals surface area contributed by atoms with Crippen LogP contribution in [0.5, 0.6) is 0 Å². The number of aromatic amines is 1. The molecule has 9 heteroatoms. The van der Waals surface area contributed by atoms with Gasteiger partial charge in [-0.15, -0.1) is 0 Å². The van der Waals surface area contributed by atoms with Crippen molar-refractivity contribution in [3.05, 3.63) is 53.3 Å². The lowest BCUT2D eigenvalue weighted by Crippen LogP contribution is -2.32. The van der Waals surface area contributed by atoms with E-state index in [0.717, 1.165) is 52.8 Å². The molecule has 1 aliphatic carbocycles. The van der Waals surface area contributed by atoms with E-state index >= 15 is 0 Å². The molecule has 2 N–H and O–H groups in total. The minimum Gasteiger partial charge on any atom is -0.338 e. The Labute approximate surface area is 171 Å². The summed E-state index contributed by atoms with van der Waals surface area (Å²) in [4.78, 5) is 28.7. The Bertz CT molecular complexity index is 1300. The van der Waals surface area contributed by atoms with Crippen molar-refractivity contribution in [1.82, 2.24) is 34.8 Å². The molecule has 0 saturated heterocycles. The van der Waals surface area contributed by atoms with Crippen molar-refractivity contribution in [3.63, 3.8) is 0 Å². The summed E-state index contributed by atoms with van der Waals surface area (Å²) in [5, 5.41) is 15.5. The van der Waals surface area contributed by atoms with Crippen molar-refractivity contribution in [2.45, 2.75) is 33.0 Å². The van der Waals surface area contributed by atoms with Gasteiger partial charge >= 0.3 is 0 Å². The van der Waals surface area contributed by atoms with Crippen LogP contribution in [0, 0.1) is 5.92 Å². The standard InChI is InChI=1S/C21H21N7O2/c1-2-28-11-15(8-24-28)17-7-16-18(9-22-17)25-26-20(16)14-5-6-19(29)27(10-14)12-23-21(30)13-3-4-13/h5-11,13H,2-4,12H2,1H3,(H,23,30)(H,25,26). The van der Waals surface area contributed by atoms with Crippen LogP contribution in [0.15, 0.2) is 47.8 Å².